The van der Waals surface area contributed by atoms with Gasteiger partial charge in [0.15, 0.2) is 5.96 Å². The molecule has 1 unspecified atom stereocenters. The van der Waals surface area contributed by atoms with E-state index in [1.165, 1.54) is 16.7 Å². The summed E-state index contributed by atoms with van der Waals surface area (Å²) < 4.78 is 5.77. The smallest absolute Gasteiger partial charge is 0.243 e. The van der Waals surface area contributed by atoms with Gasteiger partial charge in [0.2, 0.25) is 5.91 Å². The zero-order valence-corrected chi connectivity index (χ0v) is 18.4. The molecule has 1 amide bonds. The zero-order chi connectivity index (χ0) is 21.5. The molecular formula is C24H32N4O2. The van der Waals surface area contributed by atoms with Crippen molar-refractivity contribution in [3.05, 3.63) is 64.7 Å². The fraction of sp³-hybridized carbons (Fsp3) is 0.417. The van der Waals surface area contributed by atoms with Crippen LogP contribution in [0.3, 0.4) is 0 Å². The zero-order valence-electron chi connectivity index (χ0n) is 18.4. The number of aryl methyl sites for hydroxylation is 2. The molecule has 1 aliphatic rings. The molecule has 0 fully saturated rings. The van der Waals surface area contributed by atoms with Gasteiger partial charge in [-0.2, -0.15) is 0 Å². The van der Waals surface area contributed by atoms with Crippen molar-refractivity contribution in [3.8, 4) is 5.75 Å². The summed E-state index contributed by atoms with van der Waals surface area (Å²) in [6.07, 6.45) is 1.74. The Hall–Kier alpha value is -3.02. The third-order valence-electron chi connectivity index (χ3n) is 5.45. The minimum atomic E-state index is -0.0294. The van der Waals surface area contributed by atoms with Crippen molar-refractivity contribution in [2.45, 2.75) is 32.7 Å². The van der Waals surface area contributed by atoms with Crippen LogP contribution >= 0.6 is 0 Å². The number of para-hydroxylation sites is 1. The molecule has 1 atom stereocenters. The number of guanidine groups is 1. The Labute approximate surface area is 179 Å². The summed E-state index contributed by atoms with van der Waals surface area (Å²) in [6.45, 7) is 5.78. The van der Waals surface area contributed by atoms with E-state index in [2.05, 4.69) is 53.7 Å². The maximum absolute atomic E-state index is 12.1. The Balaban J connectivity index is 1.71. The van der Waals surface area contributed by atoms with Crippen LogP contribution in [0.1, 0.15) is 34.7 Å². The molecule has 1 aliphatic heterocycles. The molecule has 6 nitrogen and oxygen atoms in total. The number of rotatable bonds is 6. The van der Waals surface area contributed by atoms with E-state index < -0.39 is 0 Å². The molecule has 0 saturated carbocycles. The van der Waals surface area contributed by atoms with E-state index in [9.17, 15) is 4.79 Å². The summed E-state index contributed by atoms with van der Waals surface area (Å²) in [5, 5.41) is 6.93. The summed E-state index contributed by atoms with van der Waals surface area (Å²) in [5.74, 6) is 1.52. The van der Waals surface area contributed by atoms with E-state index >= 15 is 0 Å². The molecule has 2 aromatic rings. The normalized spacial score (nSPS) is 15.7. The van der Waals surface area contributed by atoms with Crippen molar-refractivity contribution in [1.82, 2.24) is 15.5 Å². The van der Waals surface area contributed by atoms with Crippen molar-refractivity contribution >= 4 is 11.9 Å². The first-order chi connectivity index (χ1) is 14.5. The van der Waals surface area contributed by atoms with Crippen LogP contribution in [0.2, 0.25) is 0 Å². The summed E-state index contributed by atoms with van der Waals surface area (Å²) in [6, 6.07) is 14.5. The van der Waals surface area contributed by atoms with Crippen molar-refractivity contribution in [2.75, 3.05) is 33.8 Å². The molecule has 0 radical (unpaired) electrons. The molecule has 0 aliphatic carbocycles. The first-order valence-electron chi connectivity index (χ1n) is 10.5. The van der Waals surface area contributed by atoms with Gasteiger partial charge in [0.25, 0.3) is 0 Å². The molecule has 160 valence electrons. The third kappa shape index (κ3) is 5.53. The van der Waals surface area contributed by atoms with Gasteiger partial charge in [0.1, 0.15) is 12.3 Å². The predicted molar refractivity (Wildman–Crippen MR) is 121 cm³/mol. The maximum Gasteiger partial charge on any atom is 0.243 e. The van der Waals surface area contributed by atoms with Crippen LogP contribution in [0.4, 0.5) is 0 Å². The molecular weight excluding hydrogens is 376 g/mol. The molecule has 2 N–H and O–H groups in total. The number of amides is 1. The number of nitrogens with one attached hydrogen (secondary N) is 2. The van der Waals surface area contributed by atoms with Crippen LogP contribution in [0, 0.1) is 13.8 Å². The van der Waals surface area contributed by atoms with E-state index in [0.717, 1.165) is 30.7 Å². The lowest BCUT2D eigenvalue weighted by atomic mass is 10.00. The van der Waals surface area contributed by atoms with Gasteiger partial charge in [-0.25, -0.2) is 4.99 Å². The fourth-order valence-corrected chi connectivity index (χ4v) is 3.65. The second-order valence-electron chi connectivity index (χ2n) is 7.87. The van der Waals surface area contributed by atoms with Crippen molar-refractivity contribution in [1.29, 1.82) is 0 Å². The Morgan fingerprint density at radius 2 is 1.87 bits per heavy atom. The molecule has 0 bridgehead atoms. The lowest BCUT2D eigenvalue weighted by Crippen LogP contribution is -2.42. The minimum absolute atomic E-state index is 0.0294. The topological polar surface area (TPSA) is 66.0 Å². The highest BCUT2D eigenvalue weighted by Crippen LogP contribution is 2.31. The monoisotopic (exact) mass is 408 g/mol. The highest BCUT2D eigenvalue weighted by Gasteiger charge is 2.22. The number of ether oxygens (including phenoxy) is 1. The van der Waals surface area contributed by atoms with Gasteiger partial charge in [-0.05, 0) is 43.0 Å². The van der Waals surface area contributed by atoms with Crippen LogP contribution < -0.4 is 15.4 Å². The number of carbonyl (C=O) groups is 1. The number of likely N-dealkylation sites (N-methyl/N-ethyl adjacent to an activating group) is 1. The standard InChI is InChI=1S/C24H32N4O2/c1-17-8-7-9-18(2)19(17)12-14-25-24(26-16-23(29)28(3)4)27-21-13-15-30-22-11-6-5-10-20(21)22/h5-11,21H,12-16H2,1-4H3,(H2,25,26,27). The number of carbonyl (C=O) groups excluding carboxylic acids is 1. The van der Waals surface area contributed by atoms with Gasteiger partial charge in [-0.15, -0.1) is 0 Å². The molecule has 0 saturated heterocycles. The first kappa shape index (κ1) is 21.7. The van der Waals surface area contributed by atoms with Gasteiger partial charge in [0.05, 0.1) is 12.6 Å². The number of nitrogens with zero attached hydrogens (tertiary/aromatic N) is 2. The SMILES string of the molecule is Cc1cccc(C)c1CCNC(=NCC(=O)N(C)C)NC1CCOc2ccccc21. The van der Waals surface area contributed by atoms with E-state index in [1.807, 2.05) is 18.2 Å². The van der Waals surface area contributed by atoms with Crippen molar-refractivity contribution in [3.63, 3.8) is 0 Å². The molecule has 1 heterocycles. The van der Waals surface area contributed by atoms with Gasteiger partial charge >= 0.3 is 0 Å². The average molecular weight is 409 g/mol. The number of aliphatic imine (C=N–C) groups is 1. The van der Waals surface area contributed by atoms with Gasteiger partial charge in [0, 0.05) is 32.6 Å². The van der Waals surface area contributed by atoms with Crippen LogP contribution in [-0.2, 0) is 11.2 Å². The Morgan fingerprint density at radius 1 is 1.13 bits per heavy atom. The van der Waals surface area contributed by atoms with E-state index in [0.29, 0.717) is 12.6 Å². The van der Waals surface area contributed by atoms with E-state index in [4.69, 9.17) is 4.74 Å². The van der Waals surface area contributed by atoms with E-state index in [-0.39, 0.29) is 18.5 Å². The Morgan fingerprint density at radius 3 is 2.60 bits per heavy atom. The maximum atomic E-state index is 12.1. The average Bonchev–Trinajstić information content (AvgIpc) is 2.73. The number of hydrogen-bond acceptors (Lipinski definition) is 3. The van der Waals surface area contributed by atoms with Crippen LogP contribution in [0.25, 0.3) is 0 Å². The molecule has 0 spiro atoms. The van der Waals surface area contributed by atoms with Gasteiger partial charge in [-0.3, -0.25) is 4.79 Å². The van der Waals surface area contributed by atoms with E-state index in [1.54, 1.807) is 19.0 Å². The molecule has 30 heavy (non-hydrogen) atoms. The second-order valence-corrected chi connectivity index (χ2v) is 7.87. The van der Waals surface area contributed by atoms with Gasteiger partial charge in [-0.1, -0.05) is 36.4 Å². The quantitative estimate of drug-likeness (QED) is 0.570. The predicted octanol–water partition coefficient (Wildman–Crippen LogP) is 2.99. The fourth-order valence-electron chi connectivity index (χ4n) is 3.65. The molecule has 6 heteroatoms. The minimum Gasteiger partial charge on any atom is -0.493 e. The molecule has 0 aromatic heterocycles. The first-order valence-corrected chi connectivity index (χ1v) is 10.5. The van der Waals surface area contributed by atoms with Gasteiger partial charge < -0.3 is 20.3 Å². The highest BCUT2D eigenvalue weighted by molar-refractivity contribution is 5.85. The van der Waals surface area contributed by atoms with Crippen LogP contribution in [-0.4, -0.2) is 50.6 Å². The van der Waals surface area contributed by atoms with Crippen LogP contribution in [0.5, 0.6) is 5.75 Å². The summed E-state index contributed by atoms with van der Waals surface area (Å²) in [7, 11) is 3.49. The lowest BCUT2D eigenvalue weighted by Gasteiger charge is -2.28. The third-order valence-corrected chi connectivity index (χ3v) is 5.45. The van der Waals surface area contributed by atoms with Crippen LogP contribution in [0.15, 0.2) is 47.5 Å². The highest BCUT2D eigenvalue weighted by atomic mass is 16.5. The largest absolute Gasteiger partial charge is 0.493 e. The number of hydrogen-bond donors (Lipinski definition) is 2. The summed E-state index contributed by atoms with van der Waals surface area (Å²) >= 11 is 0. The Kier molecular flexibility index (Phi) is 7.33. The number of benzene rings is 2. The second kappa shape index (κ2) is 10.1. The molecule has 3 rings (SSSR count). The van der Waals surface area contributed by atoms with Crippen molar-refractivity contribution < 1.29 is 9.53 Å². The lowest BCUT2D eigenvalue weighted by molar-refractivity contribution is -0.127. The number of fused-ring (bicyclic) bond motifs is 1. The van der Waals surface area contributed by atoms with Crippen molar-refractivity contribution in [2.24, 2.45) is 4.99 Å². The molecule has 2 aromatic carbocycles. The Bertz CT molecular complexity index is 888. The summed E-state index contributed by atoms with van der Waals surface area (Å²) in [4.78, 5) is 18.2. The summed E-state index contributed by atoms with van der Waals surface area (Å²) in [5.41, 5.74) is 5.06.